The Bertz CT molecular complexity index is 1670. The summed E-state index contributed by atoms with van der Waals surface area (Å²) < 4.78 is 39.3. The second-order valence-corrected chi connectivity index (χ2v) is 12.1. The lowest BCUT2D eigenvalue weighted by Gasteiger charge is -2.46. The van der Waals surface area contributed by atoms with Crippen molar-refractivity contribution in [2.75, 3.05) is 13.7 Å². The topological polar surface area (TPSA) is 75.6 Å². The molecule has 0 amide bonds. The molecule has 5 aromatic carbocycles. The van der Waals surface area contributed by atoms with Crippen LogP contribution in [0.15, 0.2) is 140 Å². The Labute approximate surface area is 289 Å². The van der Waals surface area contributed by atoms with Crippen LogP contribution in [0.2, 0.25) is 0 Å². The van der Waals surface area contributed by atoms with E-state index in [9.17, 15) is 5.11 Å². The Morgan fingerprint density at radius 1 is 0.551 bits per heavy atom. The number of ether oxygens (including phenoxy) is 6. The summed E-state index contributed by atoms with van der Waals surface area (Å²) >= 11 is 0. The Kier molecular flexibility index (Phi) is 12.6. The lowest BCUT2D eigenvalue weighted by Crippen LogP contribution is -2.58. The summed E-state index contributed by atoms with van der Waals surface area (Å²) in [6.07, 6.45) is -2.73. The number of rotatable bonds is 16. The van der Waals surface area contributed by atoms with Crippen molar-refractivity contribution in [1.82, 2.24) is 0 Å². The van der Waals surface area contributed by atoms with Crippen LogP contribution in [0.1, 0.15) is 39.5 Å². The molecule has 7 nitrogen and oxygen atoms in total. The first-order valence-corrected chi connectivity index (χ1v) is 16.7. The van der Waals surface area contributed by atoms with Gasteiger partial charge in [0.15, 0.2) is 0 Å². The van der Waals surface area contributed by atoms with Crippen molar-refractivity contribution >= 4 is 0 Å². The van der Waals surface area contributed by atoms with Gasteiger partial charge in [-0.1, -0.05) is 127 Å². The van der Waals surface area contributed by atoms with E-state index in [4.69, 9.17) is 28.4 Å². The van der Waals surface area contributed by atoms with Crippen molar-refractivity contribution in [2.24, 2.45) is 0 Å². The van der Waals surface area contributed by atoms with Gasteiger partial charge >= 0.3 is 0 Å². The molecule has 0 aliphatic carbocycles. The fourth-order valence-corrected chi connectivity index (χ4v) is 6.16. The SMILES string of the molecule is COc1ccc([C@@H]2O[C@H](COCc3ccccc3)[C@@H](OCc3ccccc3)[C@H](OCc3ccccc3)[C@H]2OCc2ccccc2)cc1CO. The zero-order chi connectivity index (χ0) is 33.7. The molecule has 0 spiro atoms. The molecule has 1 heterocycles. The Balaban J connectivity index is 1.37. The zero-order valence-electron chi connectivity index (χ0n) is 27.8. The number of aliphatic hydroxyl groups excluding tert-OH is 1. The minimum atomic E-state index is -0.574. The van der Waals surface area contributed by atoms with E-state index >= 15 is 0 Å². The van der Waals surface area contributed by atoms with E-state index in [1.807, 2.05) is 140 Å². The molecule has 6 rings (SSSR count). The fourth-order valence-electron chi connectivity index (χ4n) is 6.16. The van der Waals surface area contributed by atoms with E-state index in [-0.39, 0.29) is 13.2 Å². The molecule has 1 fully saturated rings. The summed E-state index contributed by atoms with van der Waals surface area (Å²) in [5.41, 5.74) is 5.68. The van der Waals surface area contributed by atoms with Crippen LogP contribution in [0.4, 0.5) is 0 Å². The van der Waals surface area contributed by atoms with Gasteiger partial charge in [-0.25, -0.2) is 0 Å². The minimum Gasteiger partial charge on any atom is -0.496 e. The predicted octanol–water partition coefficient (Wildman–Crippen LogP) is 7.60. The van der Waals surface area contributed by atoms with Gasteiger partial charge in [0.2, 0.25) is 0 Å². The van der Waals surface area contributed by atoms with Gasteiger partial charge in [-0.05, 0) is 39.9 Å². The highest BCUT2D eigenvalue weighted by Gasteiger charge is 2.49. The molecule has 1 N–H and O–H groups in total. The second-order valence-electron chi connectivity index (χ2n) is 12.1. The predicted molar refractivity (Wildman–Crippen MR) is 188 cm³/mol. The van der Waals surface area contributed by atoms with Crippen LogP contribution in [0.3, 0.4) is 0 Å². The van der Waals surface area contributed by atoms with Crippen LogP contribution in [-0.4, -0.2) is 43.2 Å². The maximum absolute atomic E-state index is 10.2. The number of hydrogen-bond donors (Lipinski definition) is 1. The smallest absolute Gasteiger partial charge is 0.124 e. The van der Waals surface area contributed by atoms with Crippen molar-refractivity contribution in [3.8, 4) is 5.75 Å². The zero-order valence-corrected chi connectivity index (χ0v) is 27.8. The van der Waals surface area contributed by atoms with Gasteiger partial charge < -0.3 is 33.5 Å². The molecule has 5 aromatic rings. The quantitative estimate of drug-likeness (QED) is 0.117. The molecule has 0 saturated carbocycles. The molecule has 5 atom stereocenters. The summed E-state index contributed by atoms with van der Waals surface area (Å²) in [4.78, 5) is 0. The van der Waals surface area contributed by atoms with Crippen LogP contribution in [0.25, 0.3) is 0 Å². The highest BCUT2D eigenvalue weighted by atomic mass is 16.6. The summed E-state index contributed by atoms with van der Waals surface area (Å²) in [7, 11) is 1.60. The van der Waals surface area contributed by atoms with Gasteiger partial charge in [-0.2, -0.15) is 0 Å². The maximum Gasteiger partial charge on any atom is 0.124 e. The van der Waals surface area contributed by atoms with Crippen molar-refractivity contribution < 1.29 is 33.5 Å². The van der Waals surface area contributed by atoms with Gasteiger partial charge in [0.05, 0.1) is 46.8 Å². The molecular formula is C42H44O7. The summed E-state index contributed by atoms with van der Waals surface area (Å²) in [6.45, 7) is 1.58. The van der Waals surface area contributed by atoms with E-state index < -0.39 is 30.5 Å². The molecular weight excluding hydrogens is 616 g/mol. The monoisotopic (exact) mass is 660 g/mol. The highest BCUT2D eigenvalue weighted by molar-refractivity contribution is 5.38. The Morgan fingerprint density at radius 2 is 1.02 bits per heavy atom. The van der Waals surface area contributed by atoms with Gasteiger partial charge in [-0.15, -0.1) is 0 Å². The second kappa shape index (κ2) is 17.9. The summed E-state index contributed by atoms with van der Waals surface area (Å²) in [5.74, 6) is 0.604. The fraction of sp³-hybridized carbons (Fsp3) is 0.286. The van der Waals surface area contributed by atoms with Crippen molar-refractivity contribution in [1.29, 1.82) is 0 Å². The number of hydrogen-bond acceptors (Lipinski definition) is 7. The molecule has 0 unspecified atom stereocenters. The number of methoxy groups -OCH3 is 1. The van der Waals surface area contributed by atoms with Crippen LogP contribution in [0.5, 0.6) is 5.75 Å². The first-order chi connectivity index (χ1) is 24.2. The largest absolute Gasteiger partial charge is 0.496 e. The molecule has 0 aromatic heterocycles. The average Bonchev–Trinajstić information content (AvgIpc) is 3.17. The van der Waals surface area contributed by atoms with Crippen LogP contribution < -0.4 is 4.74 Å². The van der Waals surface area contributed by atoms with E-state index in [0.29, 0.717) is 37.7 Å². The van der Waals surface area contributed by atoms with Crippen molar-refractivity contribution in [2.45, 2.75) is 63.6 Å². The lowest BCUT2D eigenvalue weighted by atomic mass is 9.89. The molecule has 1 saturated heterocycles. The molecule has 254 valence electrons. The maximum atomic E-state index is 10.2. The van der Waals surface area contributed by atoms with Gasteiger partial charge in [0, 0.05) is 5.56 Å². The molecule has 1 aliphatic heterocycles. The molecule has 0 radical (unpaired) electrons. The highest BCUT2D eigenvalue weighted by Crippen LogP contribution is 2.40. The van der Waals surface area contributed by atoms with E-state index in [1.165, 1.54) is 0 Å². The third-order valence-electron chi connectivity index (χ3n) is 8.69. The minimum absolute atomic E-state index is 0.181. The van der Waals surface area contributed by atoms with Gasteiger partial charge in [0.25, 0.3) is 0 Å². The summed E-state index contributed by atoms with van der Waals surface area (Å²) in [6, 6.07) is 46.1. The van der Waals surface area contributed by atoms with E-state index in [0.717, 1.165) is 27.8 Å². The standard InChI is InChI=1S/C42H44O7/c1-44-37-23-22-35(24-36(37)25-43)39-41(47-28-33-18-10-4-11-19-33)42(48-29-34-20-12-5-13-21-34)40(46-27-32-16-8-3-9-17-32)38(49-39)30-45-26-31-14-6-2-7-15-31/h2-24,38-43H,25-30H2,1H3/t38-,39+,40-,41+,42+/m1/s1. The van der Waals surface area contributed by atoms with Crippen LogP contribution in [0, 0.1) is 0 Å². The number of benzene rings is 5. The van der Waals surface area contributed by atoms with Crippen LogP contribution in [-0.2, 0) is 56.7 Å². The third kappa shape index (κ3) is 9.43. The average molecular weight is 661 g/mol. The van der Waals surface area contributed by atoms with E-state index in [2.05, 4.69) is 0 Å². The van der Waals surface area contributed by atoms with Crippen molar-refractivity contribution in [3.05, 3.63) is 173 Å². The first-order valence-electron chi connectivity index (χ1n) is 16.7. The summed E-state index contributed by atoms with van der Waals surface area (Å²) in [5, 5.41) is 10.2. The number of aliphatic hydroxyl groups is 1. The molecule has 0 bridgehead atoms. The van der Waals surface area contributed by atoms with Gasteiger partial charge in [-0.3, -0.25) is 0 Å². The van der Waals surface area contributed by atoms with E-state index in [1.54, 1.807) is 7.11 Å². The van der Waals surface area contributed by atoms with Crippen LogP contribution >= 0.6 is 0 Å². The molecule has 1 aliphatic rings. The Morgan fingerprint density at radius 3 is 1.51 bits per heavy atom. The lowest BCUT2D eigenvalue weighted by molar-refractivity contribution is -0.275. The Hall–Kier alpha value is -4.34. The van der Waals surface area contributed by atoms with Crippen molar-refractivity contribution in [3.63, 3.8) is 0 Å². The third-order valence-corrected chi connectivity index (χ3v) is 8.69. The van der Waals surface area contributed by atoms with Gasteiger partial charge in [0.1, 0.15) is 36.3 Å². The molecule has 7 heteroatoms. The molecule has 49 heavy (non-hydrogen) atoms. The first kappa shape index (κ1) is 34.5. The normalized spacial score (nSPS) is 20.6.